The van der Waals surface area contributed by atoms with E-state index in [1.54, 1.807) is 0 Å². The number of rotatable bonds is 0. The van der Waals surface area contributed by atoms with Gasteiger partial charge in [-0.05, 0) is 0 Å². The van der Waals surface area contributed by atoms with Crippen LogP contribution in [0.4, 0.5) is 3.89 Å². The highest BCUT2D eigenvalue weighted by Crippen LogP contribution is 1.73. The van der Waals surface area contributed by atoms with Gasteiger partial charge in [-0.1, -0.05) is 0 Å². The van der Waals surface area contributed by atoms with Crippen LogP contribution in [0.1, 0.15) is 0 Å². The molecule has 0 aromatic heterocycles. The average Bonchev–Trinajstić information content (AvgIpc) is 0.722. The van der Waals surface area contributed by atoms with Crippen LogP contribution in [-0.2, 0) is 10.1 Å². The average molecular weight is 93.9 g/mol. The van der Waals surface area contributed by atoms with Gasteiger partial charge in [0, 0.05) is 0 Å². The molecule has 0 aliphatic heterocycles. The number of hydrogen-bond acceptors (Lipinski definition) is 2. The molecule has 5 heavy (non-hydrogen) atoms. The third-order valence-corrected chi connectivity index (χ3v) is 0. The Kier molecular flexibility index (Phi) is 0.957. The van der Waals surface area contributed by atoms with Crippen molar-refractivity contribution in [3.8, 4) is 0 Å². The molecule has 0 atom stereocenters. The van der Waals surface area contributed by atoms with Gasteiger partial charge in [0.2, 0.25) is 10.1 Å². The highest BCUT2D eigenvalue weighted by molar-refractivity contribution is 8.08. The molecule has 0 spiro atoms. The molecule has 0 saturated carbocycles. The number of halogens is 1. The maximum Gasteiger partial charge on any atom is 0.302 e. The van der Waals surface area contributed by atoms with Gasteiger partial charge in [-0.2, -0.15) is 0 Å². The fraction of sp³-hybridized carbons (Fsp3) is 0. The predicted octanol–water partition coefficient (Wildman–Crippen LogP) is -0.631. The summed E-state index contributed by atoms with van der Waals surface area (Å²) in [7, 11) is -1.01. The van der Waals surface area contributed by atoms with Crippen molar-refractivity contribution in [3.05, 3.63) is 0 Å². The van der Waals surface area contributed by atoms with Gasteiger partial charge in [-0.15, -0.1) is 3.89 Å². The summed E-state index contributed by atoms with van der Waals surface area (Å²) in [5.74, 6) is 0. The summed E-state index contributed by atoms with van der Waals surface area (Å²) in [5.41, 5.74) is 0. The van der Waals surface area contributed by atoms with Crippen LogP contribution in [0.5, 0.6) is 0 Å². The molecule has 0 N–H and O–H groups in total. The van der Waals surface area contributed by atoms with E-state index in [2.05, 4.69) is 7.12 Å². The molecule has 2 nitrogen and oxygen atoms in total. The topological polar surface area (TPSA) is 34.1 Å². The molecule has 0 heterocycles. The first-order chi connectivity index (χ1) is 2.00. The zero-order chi connectivity index (χ0) is 4.50. The molecule has 0 amide bonds. The Bertz CT molecular complexity index is 92.8. The zero-order valence-electron chi connectivity index (χ0n) is 2.18. The SMILES string of the molecule is [B]S(=O)(=O)F. The molecule has 2 radical (unpaired) electrons. The van der Waals surface area contributed by atoms with Crippen LogP contribution in [0.25, 0.3) is 0 Å². The molecule has 0 bridgehead atoms. The lowest BCUT2D eigenvalue weighted by atomic mass is 10.8. The van der Waals surface area contributed by atoms with Crippen LogP contribution in [-0.4, -0.2) is 15.5 Å². The van der Waals surface area contributed by atoms with E-state index in [4.69, 9.17) is 8.42 Å². The van der Waals surface area contributed by atoms with Crippen molar-refractivity contribution in [2.45, 2.75) is 0 Å². The lowest BCUT2D eigenvalue weighted by molar-refractivity contribution is 0.569. The van der Waals surface area contributed by atoms with Crippen molar-refractivity contribution in [1.29, 1.82) is 0 Å². The first kappa shape index (κ1) is 4.94. The molecular weight excluding hydrogens is 93.9 g/mol. The van der Waals surface area contributed by atoms with Gasteiger partial charge in [0.05, 0.1) is 0 Å². The van der Waals surface area contributed by atoms with E-state index < -0.39 is 10.1 Å². The summed E-state index contributed by atoms with van der Waals surface area (Å²) in [6.45, 7) is 0. The second-order valence-corrected chi connectivity index (χ2v) is 1.43. The third-order valence-electron chi connectivity index (χ3n) is 0. The van der Waals surface area contributed by atoms with Crippen molar-refractivity contribution in [2.75, 3.05) is 0 Å². The molecule has 28 valence electrons. The van der Waals surface area contributed by atoms with Crippen molar-refractivity contribution < 1.29 is 12.3 Å². The van der Waals surface area contributed by atoms with Crippen molar-refractivity contribution in [3.63, 3.8) is 0 Å². The summed E-state index contributed by atoms with van der Waals surface area (Å²) in [6.07, 6.45) is 0. The molecule has 0 rings (SSSR count). The van der Waals surface area contributed by atoms with Crippen LogP contribution < -0.4 is 0 Å². The minimum Gasteiger partial charge on any atom is -0.210 e. The predicted molar refractivity (Wildman–Crippen MR) is 15.8 cm³/mol. The normalized spacial score (nSPS) is 11.4. The Labute approximate surface area is 30.5 Å². The summed E-state index contributed by atoms with van der Waals surface area (Å²) >= 11 is 0. The van der Waals surface area contributed by atoms with Crippen LogP contribution in [0.3, 0.4) is 0 Å². The van der Waals surface area contributed by atoms with Gasteiger partial charge < -0.3 is 0 Å². The van der Waals surface area contributed by atoms with E-state index in [-0.39, 0.29) is 0 Å². The lowest BCUT2D eigenvalue weighted by Gasteiger charge is -1.64. The van der Waals surface area contributed by atoms with E-state index in [0.717, 1.165) is 0 Å². The summed E-state index contributed by atoms with van der Waals surface area (Å²) in [4.78, 5) is 0. The second-order valence-electron chi connectivity index (χ2n) is 0.476. The summed E-state index contributed by atoms with van der Waals surface area (Å²) in [5, 5.41) is 0. The van der Waals surface area contributed by atoms with Gasteiger partial charge >= 0.3 is 7.12 Å². The Balaban J connectivity index is 4.06. The van der Waals surface area contributed by atoms with Crippen LogP contribution in [0, 0.1) is 0 Å². The van der Waals surface area contributed by atoms with Crippen LogP contribution in [0.15, 0.2) is 0 Å². The van der Waals surface area contributed by atoms with E-state index >= 15 is 0 Å². The quantitative estimate of drug-likeness (QED) is 0.295. The van der Waals surface area contributed by atoms with Crippen molar-refractivity contribution in [1.82, 2.24) is 0 Å². The molecule has 0 saturated heterocycles. The van der Waals surface area contributed by atoms with Gasteiger partial charge in [0.15, 0.2) is 0 Å². The molecule has 0 unspecified atom stereocenters. The Hall–Kier alpha value is -0.0551. The summed E-state index contributed by atoms with van der Waals surface area (Å²) in [6, 6.07) is 0. The van der Waals surface area contributed by atoms with Gasteiger partial charge in [-0.25, -0.2) is 8.42 Å². The van der Waals surface area contributed by atoms with Crippen LogP contribution in [0.2, 0.25) is 0 Å². The molecule has 0 fully saturated rings. The zero-order valence-corrected chi connectivity index (χ0v) is 3.00. The Morgan fingerprint density at radius 1 is 1.60 bits per heavy atom. The standard InChI is InChI=1S/BFO2S/c1-5(2,3)4. The molecule has 0 aliphatic carbocycles. The van der Waals surface area contributed by atoms with Crippen molar-refractivity contribution in [2.24, 2.45) is 0 Å². The Morgan fingerprint density at radius 3 is 1.60 bits per heavy atom. The van der Waals surface area contributed by atoms with E-state index in [1.165, 1.54) is 0 Å². The smallest absolute Gasteiger partial charge is 0.210 e. The first-order valence-corrected chi connectivity index (χ1v) is 2.17. The lowest BCUT2D eigenvalue weighted by Crippen LogP contribution is -1.82. The fourth-order valence-corrected chi connectivity index (χ4v) is 0. The van der Waals surface area contributed by atoms with Gasteiger partial charge in [-0.3, -0.25) is 0 Å². The van der Waals surface area contributed by atoms with Gasteiger partial charge in [0.1, 0.15) is 0 Å². The molecule has 0 aliphatic rings. The maximum atomic E-state index is 10.4. The van der Waals surface area contributed by atoms with E-state index in [9.17, 15) is 3.89 Å². The summed E-state index contributed by atoms with van der Waals surface area (Å²) < 4.78 is 27.9. The molecular formula is BFO2S. The second kappa shape index (κ2) is 0.968. The van der Waals surface area contributed by atoms with Gasteiger partial charge in [0.25, 0.3) is 0 Å². The first-order valence-electron chi connectivity index (χ1n) is 0.723. The monoisotopic (exact) mass is 94.0 g/mol. The van der Waals surface area contributed by atoms with Crippen LogP contribution >= 0.6 is 0 Å². The van der Waals surface area contributed by atoms with E-state index in [0.29, 0.717) is 0 Å². The molecule has 0 aromatic carbocycles. The van der Waals surface area contributed by atoms with Crippen molar-refractivity contribution >= 4 is 17.2 Å². The highest BCUT2D eigenvalue weighted by Gasteiger charge is 1.86. The maximum absolute atomic E-state index is 10.4. The molecule has 0 aromatic rings. The Morgan fingerprint density at radius 2 is 1.60 bits per heavy atom. The number of hydrogen-bond donors (Lipinski definition) is 0. The largest absolute Gasteiger partial charge is 0.302 e. The minimum atomic E-state index is -4.67. The highest BCUT2D eigenvalue weighted by atomic mass is 32.3. The molecule has 5 heteroatoms. The van der Waals surface area contributed by atoms with E-state index in [1.807, 2.05) is 0 Å². The minimum absolute atomic E-state index is 3.66. The third kappa shape index (κ3) is 4920. The fourth-order valence-electron chi connectivity index (χ4n) is 0.